The second-order valence-corrected chi connectivity index (χ2v) is 5.43. The van der Waals surface area contributed by atoms with E-state index in [1.807, 2.05) is 25.1 Å². The lowest BCUT2D eigenvalue weighted by molar-refractivity contribution is -0.118. The van der Waals surface area contributed by atoms with Crippen molar-refractivity contribution in [1.29, 1.82) is 0 Å². The van der Waals surface area contributed by atoms with E-state index in [9.17, 15) is 9.18 Å². The summed E-state index contributed by atoms with van der Waals surface area (Å²) in [5, 5.41) is 2.97. The lowest BCUT2D eigenvalue weighted by Gasteiger charge is -2.18. The lowest BCUT2D eigenvalue weighted by atomic mass is 10.0. The molecule has 20 heavy (non-hydrogen) atoms. The Kier molecular flexibility index (Phi) is 4.39. The highest BCUT2D eigenvalue weighted by Gasteiger charge is 2.21. The van der Waals surface area contributed by atoms with E-state index in [0.29, 0.717) is 4.47 Å². The molecule has 0 aliphatic heterocycles. The minimum absolute atomic E-state index is 0.224. The van der Waals surface area contributed by atoms with Crippen molar-refractivity contribution >= 4 is 27.5 Å². The highest BCUT2D eigenvalue weighted by atomic mass is 79.9. The van der Waals surface area contributed by atoms with Crippen molar-refractivity contribution in [2.75, 3.05) is 5.32 Å². The van der Waals surface area contributed by atoms with Gasteiger partial charge in [-0.25, -0.2) is 4.39 Å². The van der Waals surface area contributed by atoms with Gasteiger partial charge in [0.15, 0.2) is 0 Å². The van der Waals surface area contributed by atoms with Crippen molar-refractivity contribution in [3.8, 4) is 0 Å². The molecular weight excluding hydrogens is 323 g/mol. The smallest absolute Gasteiger partial charge is 0.244 e. The van der Waals surface area contributed by atoms with Crippen molar-refractivity contribution in [1.82, 2.24) is 0 Å². The molecule has 3 N–H and O–H groups in total. The number of nitrogens with one attached hydrogen (secondary N) is 1. The summed E-state index contributed by atoms with van der Waals surface area (Å²) in [7, 11) is 0. The molecule has 0 aromatic heterocycles. The Labute approximate surface area is 125 Å². The zero-order valence-corrected chi connectivity index (χ0v) is 12.4. The molecule has 1 atom stereocenters. The summed E-state index contributed by atoms with van der Waals surface area (Å²) in [5.74, 6) is -1.11. The maximum Gasteiger partial charge on any atom is 0.244 e. The van der Waals surface area contributed by atoms with Gasteiger partial charge >= 0.3 is 0 Å². The summed E-state index contributed by atoms with van der Waals surface area (Å²) in [4.78, 5) is 11.6. The van der Waals surface area contributed by atoms with Gasteiger partial charge in [-0.3, -0.25) is 4.79 Å². The quantitative estimate of drug-likeness (QED) is 0.897. The molecule has 0 spiro atoms. The van der Waals surface area contributed by atoms with Gasteiger partial charge in [0.2, 0.25) is 5.91 Å². The van der Waals surface area contributed by atoms with Crippen LogP contribution in [0.5, 0.6) is 0 Å². The molecule has 0 aliphatic rings. The first-order chi connectivity index (χ1) is 9.47. The molecule has 0 radical (unpaired) electrons. The standard InChI is InChI=1S/C15H14BrFN2O/c1-9-3-2-4-11(7-9)19-14(15(18)20)12-6-5-10(16)8-13(12)17/h2-8,14,19H,1H3,(H2,18,20). The molecule has 1 amide bonds. The summed E-state index contributed by atoms with van der Waals surface area (Å²) >= 11 is 3.18. The predicted molar refractivity (Wildman–Crippen MR) is 80.8 cm³/mol. The monoisotopic (exact) mass is 336 g/mol. The highest BCUT2D eigenvalue weighted by molar-refractivity contribution is 9.10. The summed E-state index contributed by atoms with van der Waals surface area (Å²) < 4.78 is 14.6. The number of benzene rings is 2. The van der Waals surface area contributed by atoms with Gasteiger partial charge in [0, 0.05) is 15.7 Å². The minimum Gasteiger partial charge on any atom is -0.370 e. The summed E-state index contributed by atoms with van der Waals surface area (Å²) in [6.07, 6.45) is 0. The maximum absolute atomic E-state index is 14.0. The SMILES string of the molecule is Cc1cccc(NC(C(N)=O)c2ccc(Br)cc2F)c1. The van der Waals surface area contributed by atoms with Crippen LogP contribution in [0, 0.1) is 12.7 Å². The molecule has 3 nitrogen and oxygen atoms in total. The minimum atomic E-state index is -0.912. The number of hydrogen-bond donors (Lipinski definition) is 2. The number of rotatable bonds is 4. The first-order valence-corrected chi connectivity index (χ1v) is 6.84. The molecule has 0 aliphatic carbocycles. The van der Waals surface area contributed by atoms with E-state index < -0.39 is 17.8 Å². The average molecular weight is 337 g/mol. The van der Waals surface area contributed by atoms with Gasteiger partial charge in [-0.05, 0) is 36.8 Å². The average Bonchev–Trinajstić information content (AvgIpc) is 2.36. The molecule has 0 heterocycles. The summed E-state index contributed by atoms with van der Waals surface area (Å²) in [6.45, 7) is 1.94. The number of halogens is 2. The second kappa shape index (κ2) is 6.05. The van der Waals surface area contributed by atoms with Gasteiger partial charge < -0.3 is 11.1 Å². The highest BCUT2D eigenvalue weighted by Crippen LogP contribution is 2.24. The number of primary amides is 1. The van der Waals surface area contributed by atoms with Gasteiger partial charge in [0.1, 0.15) is 11.9 Å². The maximum atomic E-state index is 14.0. The fourth-order valence-electron chi connectivity index (χ4n) is 1.94. The first-order valence-electron chi connectivity index (χ1n) is 6.05. The van der Waals surface area contributed by atoms with Gasteiger partial charge in [-0.15, -0.1) is 0 Å². The summed E-state index contributed by atoms with van der Waals surface area (Å²) in [6, 6.07) is 11.1. The third kappa shape index (κ3) is 3.36. The van der Waals surface area contributed by atoms with Crippen LogP contribution in [0.2, 0.25) is 0 Å². The first kappa shape index (κ1) is 14.5. The molecule has 1 unspecified atom stereocenters. The topological polar surface area (TPSA) is 55.1 Å². The number of hydrogen-bond acceptors (Lipinski definition) is 2. The van der Waals surface area contributed by atoms with E-state index in [4.69, 9.17) is 5.73 Å². The van der Waals surface area contributed by atoms with Gasteiger partial charge in [0.25, 0.3) is 0 Å². The van der Waals surface area contributed by atoms with E-state index >= 15 is 0 Å². The number of nitrogens with two attached hydrogens (primary N) is 1. The Morgan fingerprint density at radius 3 is 2.65 bits per heavy atom. The summed E-state index contributed by atoms with van der Waals surface area (Å²) in [5.41, 5.74) is 7.36. The van der Waals surface area contributed by atoms with E-state index in [2.05, 4.69) is 21.2 Å². The van der Waals surface area contributed by atoms with Crippen LogP contribution in [0.4, 0.5) is 10.1 Å². The third-order valence-corrected chi connectivity index (χ3v) is 3.38. The Morgan fingerprint density at radius 1 is 1.30 bits per heavy atom. The largest absolute Gasteiger partial charge is 0.370 e. The molecule has 2 rings (SSSR count). The van der Waals surface area contributed by atoms with Crippen LogP contribution in [0.25, 0.3) is 0 Å². The normalized spacial score (nSPS) is 11.9. The predicted octanol–water partition coefficient (Wildman–Crippen LogP) is 3.54. The zero-order valence-electron chi connectivity index (χ0n) is 10.9. The Morgan fingerprint density at radius 2 is 2.05 bits per heavy atom. The molecule has 2 aromatic carbocycles. The molecule has 5 heteroatoms. The fourth-order valence-corrected chi connectivity index (χ4v) is 2.27. The fraction of sp³-hybridized carbons (Fsp3) is 0.133. The van der Waals surface area contributed by atoms with Crippen LogP contribution in [0.15, 0.2) is 46.9 Å². The van der Waals surface area contributed by atoms with Crippen LogP contribution >= 0.6 is 15.9 Å². The zero-order chi connectivity index (χ0) is 14.7. The Hall–Kier alpha value is -1.88. The lowest BCUT2D eigenvalue weighted by Crippen LogP contribution is -2.28. The van der Waals surface area contributed by atoms with Crippen molar-refractivity contribution in [2.45, 2.75) is 13.0 Å². The van der Waals surface area contributed by atoms with Crippen molar-refractivity contribution in [3.05, 3.63) is 63.9 Å². The van der Waals surface area contributed by atoms with Gasteiger partial charge in [0.05, 0.1) is 0 Å². The van der Waals surface area contributed by atoms with E-state index in [-0.39, 0.29) is 5.56 Å². The molecule has 0 saturated heterocycles. The van der Waals surface area contributed by atoms with E-state index in [1.54, 1.807) is 12.1 Å². The molecule has 0 bridgehead atoms. The second-order valence-electron chi connectivity index (χ2n) is 4.52. The Bertz CT molecular complexity index is 646. The van der Waals surface area contributed by atoms with Crippen molar-refractivity contribution in [2.24, 2.45) is 5.73 Å². The number of carbonyl (C=O) groups excluding carboxylic acids is 1. The molecule has 2 aromatic rings. The van der Waals surface area contributed by atoms with E-state index in [1.165, 1.54) is 12.1 Å². The number of carbonyl (C=O) groups is 1. The van der Waals surface area contributed by atoms with Crippen molar-refractivity contribution < 1.29 is 9.18 Å². The van der Waals surface area contributed by atoms with Crippen LogP contribution in [-0.2, 0) is 4.79 Å². The van der Waals surface area contributed by atoms with Gasteiger partial charge in [-0.1, -0.05) is 34.1 Å². The van der Waals surface area contributed by atoms with E-state index in [0.717, 1.165) is 11.3 Å². The number of amides is 1. The van der Waals surface area contributed by atoms with Crippen molar-refractivity contribution in [3.63, 3.8) is 0 Å². The van der Waals surface area contributed by atoms with Crippen LogP contribution in [0.3, 0.4) is 0 Å². The third-order valence-electron chi connectivity index (χ3n) is 2.89. The number of aryl methyl sites for hydroxylation is 1. The molecule has 0 fully saturated rings. The molecule has 104 valence electrons. The van der Waals surface area contributed by atoms with Crippen LogP contribution < -0.4 is 11.1 Å². The Balaban J connectivity index is 2.34. The van der Waals surface area contributed by atoms with Crippen LogP contribution in [-0.4, -0.2) is 5.91 Å². The molecular formula is C15H14BrFN2O. The van der Waals surface area contributed by atoms with Crippen LogP contribution in [0.1, 0.15) is 17.2 Å². The van der Waals surface area contributed by atoms with Gasteiger partial charge in [-0.2, -0.15) is 0 Å². The number of anilines is 1. The molecule has 0 saturated carbocycles.